The Balaban J connectivity index is 2.55. The van der Waals surface area contributed by atoms with Gasteiger partial charge in [-0.2, -0.15) is 0 Å². The first-order valence-corrected chi connectivity index (χ1v) is 8.59. The Kier molecular flexibility index (Phi) is 5.94. The molecule has 2 N–H and O–H groups in total. The van der Waals surface area contributed by atoms with E-state index in [-0.39, 0.29) is 17.5 Å². The lowest BCUT2D eigenvalue weighted by Crippen LogP contribution is -2.46. The third-order valence-corrected chi connectivity index (χ3v) is 4.62. The molecule has 0 bridgehead atoms. The van der Waals surface area contributed by atoms with Crippen molar-refractivity contribution in [2.75, 3.05) is 20.8 Å². The van der Waals surface area contributed by atoms with Crippen LogP contribution in [0, 0.1) is 0 Å². The van der Waals surface area contributed by atoms with E-state index in [2.05, 4.69) is 21.2 Å². The van der Waals surface area contributed by atoms with Crippen LogP contribution in [0.2, 0.25) is 0 Å². The maximum Gasteiger partial charge on any atom is 0.338 e. The molecule has 0 fully saturated rings. The van der Waals surface area contributed by atoms with Gasteiger partial charge in [-0.3, -0.25) is 0 Å². The van der Waals surface area contributed by atoms with Crippen LogP contribution in [0.25, 0.3) is 0 Å². The molecule has 7 nitrogen and oxygen atoms in total. The van der Waals surface area contributed by atoms with Gasteiger partial charge >= 0.3 is 12.0 Å². The molecule has 1 aromatic rings. The van der Waals surface area contributed by atoms with Gasteiger partial charge in [-0.05, 0) is 47.0 Å². The average molecular weight is 413 g/mol. The largest absolute Gasteiger partial charge is 0.503 e. The molecule has 1 aliphatic heterocycles. The summed E-state index contributed by atoms with van der Waals surface area (Å²) in [4.78, 5) is 26.1. The first-order valence-electron chi connectivity index (χ1n) is 7.80. The average Bonchev–Trinajstić information content (AvgIpc) is 2.59. The number of aromatic hydroxyl groups is 1. The Bertz CT molecular complexity index is 732. The molecule has 8 heteroatoms. The SMILES string of the molecule is CCCOC(=O)C1=C(C)N(C)C(=O)NC1c1cc(Br)c(O)c(OC)c1. The topological polar surface area (TPSA) is 88.1 Å². The second-order valence-corrected chi connectivity index (χ2v) is 6.48. The Hall–Kier alpha value is -2.22. The smallest absolute Gasteiger partial charge is 0.338 e. The van der Waals surface area contributed by atoms with Crippen molar-refractivity contribution in [1.29, 1.82) is 0 Å². The van der Waals surface area contributed by atoms with Crippen molar-refractivity contribution in [1.82, 2.24) is 10.2 Å². The van der Waals surface area contributed by atoms with Gasteiger partial charge in [0.15, 0.2) is 11.5 Å². The molecule has 136 valence electrons. The Morgan fingerprint density at radius 3 is 2.72 bits per heavy atom. The minimum absolute atomic E-state index is 0.0543. The highest BCUT2D eigenvalue weighted by Gasteiger charge is 2.35. The number of phenolic OH excluding ortho intramolecular Hbond substituents is 1. The van der Waals surface area contributed by atoms with Crippen LogP contribution >= 0.6 is 15.9 Å². The van der Waals surface area contributed by atoms with Crippen molar-refractivity contribution in [2.45, 2.75) is 26.3 Å². The van der Waals surface area contributed by atoms with Crippen LogP contribution in [0.15, 0.2) is 27.9 Å². The molecule has 1 aromatic carbocycles. The van der Waals surface area contributed by atoms with Gasteiger partial charge in [0.2, 0.25) is 0 Å². The normalized spacial score (nSPS) is 17.4. The van der Waals surface area contributed by atoms with Gasteiger partial charge in [0.1, 0.15) is 0 Å². The van der Waals surface area contributed by atoms with E-state index in [4.69, 9.17) is 9.47 Å². The summed E-state index contributed by atoms with van der Waals surface area (Å²) in [5.41, 5.74) is 1.44. The fourth-order valence-electron chi connectivity index (χ4n) is 2.54. The van der Waals surface area contributed by atoms with Gasteiger partial charge in [0.05, 0.1) is 29.8 Å². The standard InChI is InChI=1S/C17H21BrN2O5/c1-5-6-25-16(22)13-9(2)20(3)17(23)19-14(13)10-7-11(18)15(21)12(8-10)24-4/h7-8,14,21H,5-6H2,1-4H3,(H,19,23). The van der Waals surface area contributed by atoms with E-state index >= 15 is 0 Å². The third-order valence-electron chi connectivity index (χ3n) is 4.02. The summed E-state index contributed by atoms with van der Waals surface area (Å²) >= 11 is 3.26. The number of benzene rings is 1. The van der Waals surface area contributed by atoms with Gasteiger partial charge in [-0.15, -0.1) is 0 Å². The Morgan fingerprint density at radius 1 is 1.44 bits per heavy atom. The Labute approximate surface area is 154 Å². The zero-order valence-electron chi connectivity index (χ0n) is 14.6. The number of halogens is 1. The number of nitrogens with zero attached hydrogens (tertiary/aromatic N) is 1. The predicted octanol–water partition coefficient (Wildman–Crippen LogP) is 3.09. The van der Waals surface area contributed by atoms with E-state index < -0.39 is 12.0 Å². The zero-order chi connectivity index (χ0) is 18.7. The monoisotopic (exact) mass is 412 g/mol. The number of methoxy groups -OCH3 is 1. The lowest BCUT2D eigenvalue weighted by molar-refractivity contribution is -0.139. The molecule has 1 aliphatic rings. The molecule has 0 radical (unpaired) electrons. The van der Waals surface area contributed by atoms with Gasteiger partial charge in [0.25, 0.3) is 0 Å². The minimum Gasteiger partial charge on any atom is -0.503 e. The van der Waals surface area contributed by atoms with Crippen molar-refractivity contribution in [3.63, 3.8) is 0 Å². The summed E-state index contributed by atoms with van der Waals surface area (Å²) in [6, 6.07) is 2.17. The van der Waals surface area contributed by atoms with Crippen LogP contribution in [-0.4, -0.2) is 42.8 Å². The van der Waals surface area contributed by atoms with Crippen LogP contribution in [0.1, 0.15) is 31.9 Å². The molecule has 1 atom stereocenters. The van der Waals surface area contributed by atoms with Crippen molar-refractivity contribution < 1.29 is 24.2 Å². The number of carbonyl (C=O) groups excluding carboxylic acids is 2. The number of allylic oxidation sites excluding steroid dienone is 1. The summed E-state index contributed by atoms with van der Waals surface area (Å²) < 4.78 is 10.8. The minimum atomic E-state index is -0.709. The van der Waals surface area contributed by atoms with Crippen LogP contribution in [0.3, 0.4) is 0 Å². The quantitative estimate of drug-likeness (QED) is 0.725. The number of esters is 1. The van der Waals surface area contributed by atoms with E-state index in [9.17, 15) is 14.7 Å². The zero-order valence-corrected chi connectivity index (χ0v) is 16.1. The van der Waals surface area contributed by atoms with Crippen LogP contribution < -0.4 is 10.1 Å². The molecule has 1 unspecified atom stereocenters. The lowest BCUT2D eigenvalue weighted by Gasteiger charge is -2.33. The first-order chi connectivity index (χ1) is 11.8. The summed E-state index contributed by atoms with van der Waals surface area (Å²) in [6.07, 6.45) is 0.698. The molecule has 1 heterocycles. The van der Waals surface area contributed by atoms with E-state index in [1.165, 1.54) is 12.0 Å². The highest BCUT2D eigenvalue weighted by atomic mass is 79.9. The van der Waals surface area contributed by atoms with E-state index in [1.54, 1.807) is 26.1 Å². The van der Waals surface area contributed by atoms with Crippen molar-refractivity contribution in [2.24, 2.45) is 0 Å². The number of hydrogen-bond donors (Lipinski definition) is 2. The summed E-state index contributed by atoms with van der Waals surface area (Å²) in [5, 5.41) is 12.8. The number of phenols is 1. The Morgan fingerprint density at radius 2 is 2.12 bits per heavy atom. The molecular formula is C17H21BrN2O5. The van der Waals surface area contributed by atoms with E-state index in [1.807, 2.05) is 6.92 Å². The number of nitrogens with one attached hydrogen (secondary N) is 1. The second kappa shape index (κ2) is 7.77. The van der Waals surface area contributed by atoms with Crippen molar-refractivity contribution in [3.8, 4) is 11.5 Å². The number of rotatable bonds is 5. The number of hydrogen-bond acceptors (Lipinski definition) is 5. The number of carbonyl (C=O) groups is 2. The summed E-state index contributed by atoms with van der Waals surface area (Å²) in [6.45, 7) is 3.90. The molecule has 0 aromatic heterocycles. The number of amides is 2. The maximum atomic E-state index is 12.6. The molecule has 0 saturated carbocycles. The molecule has 0 spiro atoms. The third kappa shape index (κ3) is 3.73. The van der Waals surface area contributed by atoms with Crippen LogP contribution in [0.5, 0.6) is 11.5 Å². The summed E-state index contributed by atoms with van der Waals surface area (Å²) in [7, 11) is 3.01. The maximum absolute atomic E-state index is 12.6. The molecular weight excluding hydrogens is 392 g/mol. The summed E-state index contributed by atoms with van der Waals surface area (Å²) in [5.74, 6) is -0.308. The second-order valence-electron chi connectivity index (χ2n) is 5.63. The van der Waals surface area contributed by atoms with Crippen molar-refractivity contribution >= 4 is 27.9 Å². The predicted molar refractivity (Wildman–Crippen MR) is 95.3 cm³/mol. The fraction of sp³-hybridized carbons (Fsp3) is 0.412. The van der Waals surface area contributed by atoms with E-state index in [0.717, 1.165) is 0 Å². The molecule has 2 amide bonds. The number of urea groups is 1. The number of ether oxygens (including phenoxy) is 2. The van der Waals surface area contributed by atoms with Crippen LogP contribution in [-0.2, 0) is 9.53 Å². The van der Waals surface area contributed by atoms with Gasteiger partial charge in [-0.25, -0.2) is 9.59 Å². The van der Waals surface area contributed by atoms with Crippen molar-refractivity contribution in [3.05, 3.63) is 33.4 Å². The van der Waals surface area contributed by atoms with E-state index in [0.29, 0.717) is 34.3 Å². The van der Waals surface area contributed by atoms with Crippen LogP contribution in [0.4, 0.5) is 4.79 Å². The molecule has 25 heavy (non-hydrogen) atoms. The molecule has 2 rings (SSSR count). The highest BCUT2D eigenvalue weighted by Crippen LogP contribution is 2.40. The fourth-order valence-corrected chi connectivity index (χ4v) is 3.00. The van der Waals surface area contributed by atoms with Gasteiger partial charge in [-0.1, -0.05) is 6.92 Å². The molecule has 0 saturated heterocycles. The highest BCUT2D eigenvalue weighted by molar-refractivity contribution is 9.10. The lowest BCUT2D eigenvalue weighted by atomic mass is 9.94. The first kappa shape index (κ1) is 19.1. The van der Waals surface area contributed by atoms with Gasteiger partial charge in [0, 0.05) is 12.7 Å². The van der Waals surface area contributed by atoms with Gasteiger partial charge < -0.3 is 24.8 Å². The molecule has 0 aliphatic carbocycles.